The number of halogens is 1. The number of hydrogen-bond donors (Lipinski definition) is 1. The Balaban J connectivity index is 1.57. The molecular formula is C21H25ClN2O. The first-order chi connectivity index (χ1) is 12.1. The van der Waals surface area contributed by atoms with Crippen LogP contribution in [0.2, 0.25) is 5.02 Å². The fourth-order valence-electron chi connectivity index (χ4n) is 3.33. The van der Waals surface area contributed by atoms with Crippen LogP contribution < -0.4 is 10.2 Å². The van der Waals surface area contributed by atoms with Crippen molar-refractivity contribution in [1.29, 1.82) is 0 Å². The number of benzene rings is 2. The molecule has 0 bridgehead atoms. The quantitative estimate of drug-likeness (QED) is 0.838. The third-order valence-corrected chi connectivity index (χ3v) is 4.98. The fourth-order valence-corrected chi connectivity index (χ4v) is 3.55. The molecule has 0 radical (unpaired) electrons. The third-order valence-electron chi connectivity index (χ3n) is 4.75. The first kappa shape index (κ1) is 17.8. The highest BCUT2D eigenvalue weighted by Crippen LogP contribution is 2.22. The lowest BCUT2D eigenvalue weighted by molar-refractivity contribution is -0.121. The molecule has 0 aromatic heterocycles. The predicted octanol–water partition coefficient (Wildman–Crippen LogP) is 4.75. The van der Waals surface area contributed by atoms with Gasteiger partial charge < -0.3 is 10.2 Å². The van der Waals surface area contributed by atoms with Crippen molar-refractivity contribution in [2.24, 2.45) is 0 Å². The Morgan fingerprint density at radius 3 is 2.52 bits per heavy atom. The minimum absolute atomic E-state index is 0.00914. The van der Waals surface area contributed by atoms with Crippen LogP contribution in [0, 0.1) is 0 Å². The van der Waals surface area contributed by atoms with Gasteiger partial charge in [-0.2, -0.15) is 0 Å². The molecular weight excluding hydrogens is 332 g/mol. The van der Waals surface area contributed by atoms with Gasteiger partial charge in [-0.25, -0.2) is 0 Å². The van der Waals surface area contributed by atoms with E-state index in [0.717, 1.165) is 24.2 Å². The molecule has 1 atom stereocenters. The van der Waals surface area contributed by atoms with Crippen LogP contribution in [0.15, 0.2) is 48.5 Å². The first-order valence-electron chi connectivity index (χ1n) is 9.00. The van der Waals surface area contributed by atoms with Gasteiger partial charge in [-0.05, 0) is 61.6 Å². The van der Waals surface area contributed by atoms with Crippen LogP contribution in [-0.2, 0) is 11.2 Å². The average Bonchev–Trinajstić information content (AvgIpc) is 2.62. The number of carbonyl (C=O) groups excluding carboxylic acids is 1. The number of piperidine rings is 1. The van der Waals surface area contributed by atoms with Gasteiger partial charge >= 0.3 is 0 Å². The summed E-state index contributed by atoms with van der Waals surface area (Å²) in [5, 5.41) is 3.73. The molecule has 3 rings (SSSR count). The highest BCUT2D eigenvalue weighted by Gasteiger charge is 2.13. The Morgan fingerprint density at radius 1 is 1.12 bits per heavy atom. The van der Waals surface area contributed by atoms with Crippen molar-refractivity contribution >= 4 is 23.2 Å². The largest absolute Gasteiger partial charge is 0.372 e. The smallest absolute Gasteiger partial charge is 0.224 e. The molecule has 1 N–H and O–H groups in total. The molecule has 1 saturated heterocycles. The summed E-state index contributed by atoms with van der Waals surface area (Å²) in [6.07, 6.45) is 4.23. The van der Waals surface area contributed by atoms with E-state index in [9.17, 15) is 4.79 Å². The standard InChI is InChI=1S/C21H25ClN2O/c1-16(23-21(25)15-17-6-5-7-19(22)14-17)18-8-10-20(11-9-18)24-12-3-2-4-13-24/h5-11,14,16H,2-4,12-13,15H2,1H3,(H,23,25). The van der Waals surface area contributed by atoms with Gasteiger partial charge in [0.2, 0.25) is 5.91 Å². The molecule has 1 fully saturated rings. The summed E-state index contributed by atoms with van der Waals surface area (Å²) in [7, 11) is 0. The predicted molar refractivity (Wildman–Crippen MR) is 104 cm³/mol. The lowest BCUT2D eigenvalue weighted by Gasteiger charge is -2.29. The Kier molecular flexibility index (Phi) is 5.98. The second kappa shape index (κ2) is 8.39. The monoisotopic (exact) mass is 356 g/mol. The van der Waals surface area contributed by atoms with Crippen LogP contribution in [0.1, 0.15) is 43.4 Å². The molecule has 1 aliphatic rings. The number of nitrogens with zero attached hydrogens (tertiary/aromatic N) is 1. The van der Waals surface area contributed by atoms with E-state index < -0.39 is 0 Å². The van der Waals surface area contributed by atoms with E-state index in [0.29, 0.717) is 11.4 Å². The fraction of sp³-hybridized carbons (Fsp3) is 0.381. The minimum Gasteiger partial charge on any atom is -0.372 e. The van der Waals surface area contributed by atoms with E-state index in [2.05, 4.69) is 34.5 Å². The maximum atomic E-state index is 12.3. The van der Waals surface area contributed by atoms with Crippen LogP contribution in [0.5, 0.6) is 0 Å². The molecule has 0 aliphatic carbocycles. The summed E-state index contributed by atoms with van der Waals surface area (Å²) >= 11 is 5.97. The molecule has 1 aliphatic heterocycles. The number of hydrogen-bond acceptors (Lipinski definition) is 2. The summed E-state index contributed by atoms with van der Waals surface area (Å²) in [6.45, 7) is 4.31. The molecule has 0 saturated carbocycles. The van der Waals surface area contributed by atoms with Crippen LogP contribution in [0.3, 0.4) is 0 Å². The van der Waals surface area contributed by atoms with Crippen molar-refractivity contribution in [2.45, 2.75) is 38.6 Å². The van der Waals surface area contributed by atoms with Crippen molar-refractivity contribution < 1.29 is 4.79 Å². The van der Waals surface area contributed by atoms with Crippen molar-refractivity contribution in [3.63, 3.8) is 0 Å². The zero-order valence-electron chi connectivity index (χ0n) is 14.7. The van der Waals surface area contributed by atoms with E-state index in [1.54, 1.807) is 0 Å². The Labute approximate surface area is 155 Å². The molecule has 1 heterocycles. The van der Waals surface area contributed by atoms with Crippen LogP contribution >= 0.6 is 11.6 Å². The van der Waals surface area contributed by atoms with Crippen molar-refractivity contribution in [3.05, 3.63) is 64.7 Å². The van der Waals surface area contributed by atoms with Gasteiger partial charge in [0.05, 0.1) is 12.5 Å². The van der Waals surface area contributed by atoms with Gasteiger partial charge in [0.25, 0.3) is 0 Å². The second-order valence-corrected chi connectivity index (χ2v) is 7.17. The lowest BCUT2D eigenvalue weighted by atomic mass is 10.1. The first-order valence-corrected chi connectivity index (χ1v) is 9.38. The van der Waals surface area contributed by atoms with Crippen LogP contribution in [0.25, 0.3) is 0 Å². The summed E-state index contributed by atoms with van der Waals surface area (Å²) in [4.78, 5) is 14.7. The highest BCUT2D eigenvalue weighted by molar-refractivity contribution is 6.30. The SMILES string of the molecule is CC(NC(=O)Cc1cccc(Cl)c1)c1ccc(N2CCCCC2)cc1. The van der Waals surface area contributed by atoms with E-state index in [-0.39, 0.29) is 11.9 Å². The molecule has 3 nitrogen and oxygen atoms in total. The highest BCUT2D eigenvalue weighted by atomic mass is 35.5. The number of amides is 1. The normalized spacial score (nSPS) is 15.7. The molecule has 4 heteroatoms. The maximum absolute atomic E-state index is 12.3. The van der Waals surface area contributed by atoms with Crippen molar-refractivity contribution in [3.8, 4) is 0 Å². The van der Waals surface area contributed by atoms with Gasteiger partial charge in [0.1, 0.15) is 0 Å². The number of carbonyl (C=O) groups is 1. The van der Waals surface area contributed by atoms with E-state index in [1.165, 1.54) is 24.9 Å². The maximum Gasteiger partial charge on any atom is 0.224 e. The zero-order chi connectivity index (χ0) is 17.6. The summed E-state index contributed by atoms with van der Waals surface area (Å²) in [5.74, 6) is 0.00914. The molecule has 25 heavy (non-hydrogen) atoms. The molecule has 0 spiro atoms. The molecule has 132 valence electrons. The number of nitrogens with one attached hydrogen (secondary N) is 1. The van der Waals surface area contributed by atoms with Gasteiger partial charge in [-0.3, -0.25) is 4.79 Å². The van der Waals surface area contributed by atoms with Crippen molar-refractivity contribution in [2.75, 3.05) is 18.0 Å². The van der Waals surface area contributed by atoms with E-state index >= 15 is 0 Å². The molecule has 1 unspecified atom stereocenters. The van der Waals surface area contributed by atoms with Gasteiger partial charge in [-0.15, -0.1) is 0 Å². The average molecular weight is 357 g/mol. The molecule has 1 amide bonds. The van der Waals surface area contributed by atoms with Crippen molar-refractivity contribution in [1.82, 2.24) is 5.32 Å². The summed E-state index contributed by atoms with van der Waals surface area (Å²) in [5.41, 5.74) is 3.33. The van der Waals surface area contributed by atoms with Crippen LogP contribution in [0.4, 0.5) is 5.69 Å². The Bertz CT molecular complexity index is 708. The van der Waals surface area contributed by atoms with Gasteiger partial charge in [0, 0.05) is 23.8 Å². The Morgan fingerprint density at radius 2 is 1.84 bits per heavy atom. The van der Waals surface area contributed by atoms with Gasteiger partial charge in [0.15, 0.2) is 0 Å². The summed E-state index contributed by atoms with van der Waals surface area (Å²) in [6, 6.07) is 16.0. The third kappa shape index (κ3) is 4.99. The lowest BCUT2D eigenvalue weighted by Crippen LogP contribution is -2.30. The van der Waals surface area contributed by atoms with Crippen LogP contribution in [-0.4, -0.2) is 19.0 Å². The second-order valence-electron chi connectivity index (χ2n) is 6.74. The zero-order valence-corrected chi connectivity index (χ0v) is 15.4. The minimum atomic E-state index is -0.0120. The van der Waals surface area contributed by atoms with Gasteiger partial charge in [-0.1, -0.05) is 35.9 Å². The molecule has 2 aromatic carbocycles. The topological polar surface area (TPSA) is 32.3 Å². The number of anilines is 1. The summed E-state index contributed by atoms with van der Waals surface area (Å²) < 4.78 is 0. The number of rotatable bonds is 5. The molecule has 2 aromatic rings. The Hall–Kier alpha value is -2.00. The van der Waals surface area contributed by atoms with E-state index in [4.69, 9.17) is 11.6 Å². The van der Waals surface area contributed by atoms with E-state index in [1.807, 2.05) is 31.2 Å².